The second-order valence-electron chi connectivity index (χ2n) is 8.66. The number of nitrogens with one attached hydrogen (secondary N) is 1. The fourth-order valence-electron chi connectivity index (χ4n) is 5.12. The van der Waals surface area contributed by atoms with Gasteiger partial charge in [-0.15, -0.1) is 0 Å². The number of hydrogen-bond donors (Lipinski definition) is 1. The number of carbonyl (C=O) groups excluding carboxylic acids is 2. The molecule has 1 atom stereocenters. The van der Waals surface area contributed by atoms with Gasteiger partial charge in [-0.25, -0.2) is 0 Å². The predicted molar refractivity (Wildman–Crippen MR) is 108 cm³/mol. The molecule has 2 aliphatic heterocycles. The summed E-state index contributed by atoms with van der Waals surface area (Å²) in [6, 6.07) is 3.63. The Labute approximate surface area is 169 Å². The third kappa shape index (κ3) is 3.23. The van der Waals surface area contributed by atoms with Gasteiger partial charge >= 0.3 is 0 Å². The quantitative estimate of drug-likeness (QED) is 0.835. The van der Waals surface area contributed by atoms with Crippen molar-refractivity contribution in [1.82, 2.24) is 5.32 Å². The van der Waals surface area contributed by atoms with E-state index < -0.39 is 0 Å². The molecule has 0 radical (unpaired) electrons. The number of fused-ring (bicyclic) bond motifs is 3. The molecular weight excluding hydrogens is 370 g/mol. The van der Waals surface area contributed by atoms with Crippen LogP contribution in [0.5, 0.6) is 5.75 Å². The van der Waals surface area contributed by atoms with Gasteiger partial charge in [0.15, 0.2) is 11.5 Å². The van der Waals surface area contributed by atoms with E-state index in [1.165, 1.54) is 6.42 Å². The van der Waals surface area contributed by atoms with Crippen LogP contribution in [0.25, 0.3) is 11.0 Å². The van der Waals surface area contributed by atoms with Crippen LogP contribution in [-0.4, -0.2) is 36.5 Å². The fraction of sp³-hybridized carbons (Fsp3) is 0.565. The number of aryl methyl sites for hydroxylation is 1. The Hall–Kier alpha value is -2.34. The van der Waals surface area contributed by atoms with Crippen molar-refractivity contribution in [2.45, 2.75) is 70.0 Å². The SMILES string of the molecule is Cc1c(C(=O)NC[C@@H]2CCCO2)oc2ccc3c(c12)C(=O)CC1(CCCCC1)O3. The molecule has 3 aliphatic rings. The van der Waals surface area contributed by atoms with Gasteiger partial charge in [-0.1, -0.05) is 6.42 Å². The van der Waals surface area contributed by atoms with Gasteiger partial charge in [0.2, 0.25) is 0 Å². The fourth-order valence-corrected chi connectivity index (χ4v) is 5.12. The molecule has 1 amide bonds. The van der Waals surface area contributed by atoms with Crippen LogP contribution in [0.1, 0.15) is 77.8 Å². The van der Waals surface area contributed by atoms with E-state index >= 15 is 0 Å². The largest absolute Gasteiger partial charge is 0.486 e. The topological polar surface area (TPSA) is 77.8 Å². The monoisotopic (exact) mass is 397 g/mol. The number of hydrogen-bond acceptors (Lipinski definition) is 5. The van der Waals surface area contributed by atoms with Crippen LogP contribution in [0.2, 0.25) is 0 Å². The molecule has 2 aromatic rings. The summed E-state index contributed by atoms with van der Waals surface area (Å²) >= 11 is 0. The number of Topliss-reactive ketones (excluding diaryl/α,β-unsaturated/α-hetero) is 1. The second-order valence-corrected chi connectivity index (χ2v) is 8.66. The molecule has 1 aromatic carbocycles. The highest BCUT2D eigenvalue weighted by atomic mass is 16.5. The van der Waals surface area contributed by atoms with Crippen LogP contribution < -0.4 is 10.1 Å². The summed E-state index contributed by atoms with van der Waals surface area (Å²) < 4.78 is 17.8. The minimum absolute atomic E-state index is 0.0676. The third-order valence-corrected chi connectivity index (χ3v) is 6.63. The summed E-state index contributed by atoms with van der Waals surface area (Å²) in [6.45, 7) is 3.06. The van der Waals surface area contributed by atoms with E-state index in [4.69, 9.17) is 13.9 Å². The lowest BCUT2D eigenvalue weighted by atomic mass is 9.78. The molecule has 2 fully saturated rings. The van der Waals surface area contributed by atoms with Crippen LogP contribution in [0.15, 0.2) is 16.5 Å². The molecule has 1 N–H and O–H groups in total. The van der Waals surface area contributed by atoms with Crippen molar-refractivity contribution in [3.05, 3.63) is 29.0 Å². The average Bonchev–Trinajstić information content (AvgIpc) is 3.34. The lowest BCUT2D eigenvalue weighted by Gasteiger charge is -2.40. The van der Waals surface area contributed by atoms with Gasteiger partial charge in [0.1, 0.15) is 16.9 Å². The zero-order valence-electron chi connectivity index (χ0n) is 16.8. The first kappa shape index (κ1) is 18.7. The van der Waals surface area contributed by atoms with Gasteiger partial charge in [-0.2, -0.15) is 0 Å². The average molecular weight is 397 g/mol. The van der Waals surface area contributed by atoms with Crippen LogP contribution in [-0.2, 0) is 4.74 Å². The first-order valence-corrected chi connectivity index (χ1v) is 10.7. The van der Waals surface area contributed by atoms with Gasteiger partial charge in [-0.05, 0) is 57.6 Å². The van der Waals surface area contributed by atoms with Gasteiger partial charge in [-0.3, -0.25) is 9.59 Å². The molecule has 0 unspecified atom stereocenters. The Morgan fingerprint density at radius 3 is 2.79 bits per heavy atom. The van der Waals surface area contributed by atoms with Crippen LogP contribution in [0.4, 0.5) is 0 Å². The molecule has 154 valence electrons. The van der Waals surface area contributed by atoms with Gasteiger partial charge in [0.05, 0.1) is 18.1 Å². The molecule has 6 nitrogen and oxygen atoms in total. The summed E-state index contributed by atoms with van der Waals surface area (Å²) in [5.41, 5.74) is 1.46. The zero-order valence-corrected chi connectivity index (χ0v) is 16.8. The molecule has 5 rings (SSSR count). The van der Waals surface area contributed by atoms with Gasteiger partial charge in [0, 0.05) is 24.1 Å². The molecule has 0 bridgehead atoms. The zero-order chi connectivity index (χ0) is 20.0. The molecule has 1 aliphatic carbocycles. The van der Waals surface area contributed by atoms with E-state index in [9.17, 15) is 9.59 Å². The number of carbonyl (C=O) groups is 2. The maximum atomic E-state index is 13.2. The normalized spacial score (nSPS) is 23.2. The Bertz CT molecular complexity index is 963. The summed E-state index contributed by atoms with van der Waals surface area (Å²) in [5, 5.41) is 3.62. The van der Waals surface area contributed by atoms with Crippen molar-refractivity contribution in [3.63, 3.8) is 0 Å². The van der Waals surface area contributed by atoms with E-state index in [0.29, 0.717) is 40.8 Å². The highest BCUT2D eigenvalue weighted by Crippen LogP contribution is 2.45. The number of amides is 1. The molecule has 6 heteroatoms. The van der Waals surface area contributed by atoms with Crippen molar-refractivity contribution in [2.24, 2.45) is 0 Å². The van der Waals surface area contributed by atoms with E-state index in [1.54, 1.807) is 0 Å². The van der Waals surface area contributed by atoms with Crippen molar-refractivity contribution >= 4 is 22.7 Å². The van der Waals surface area contributed by atoms with Crippen LogP contribution >= 0.6 is 0 Å². The van der Waals surface area contributed by atoms with E-state index in [2.05, 4.69) is 5.32 Å². The number of ketones is 1. The minimum atomic E-state index is -0.352. The molecule has 3 heterocycles. The Balaban J connectivity index is 1.46. The lowest BCUT2D eigenvalue weighted by Crippen LogP contribution is -2.43. The number of ether oxygens (including phenoxy) is 2. The predicted octanol–water partition coefficient (Wildman–Crippen LogP) is 4.32. The third-order valence-electron chi connectivity index (χ3n) is 6.63. The second kappa shape index (κ2) is 7.17. The van der Waals surface area contributed by atoms with Gasteiger partial charge in [0.25, 0.3) is 5.91 Å². The molecule has 1 saturated heterocycles. The highest BCUT2D eigenvalue weighted by Gasteiger charge is 2.42. The van der Waals surface area contributed by atoms with Crippen molar-refractivity contribution < 1.29 is 23.5 Å². The molecule has 1 aromatic heterocycles. The number of benzene rings is 1. The first-order chi connectivity index (χ1) is 14.1. The number of rotatable bonds is 3. The molecule has 29 heavy (non-hydrogen) atoms. The summed E-state index contributed by atoms with van der Waals surface area (Å²) in [6.07, 6.45) is 7.73. The molecule has 1 spiro atoms. The van der Waals surface area contributed by atoms with E-state index in [0.717, 1.165) is 45.1 Å². The standard InChI is InChI=1S/C23H27NO5/c1-14-19-17(28-21(14)22(26)24-13-15-6-5-11-27-15)7-8-18-20(19)16(25)12-23(29-18)9-3-2-4-10-23/h7-8,15H,2-6,9-13H2,1H3,(H,24,26)/t15-/m0/s1. The smallest absolute Gasteiger partial charge is 0.287 e. The highest BCUT2D eigenvalue weighted by molar-refractivity contribution is 6.13. The molecular formula is C23H27NO5. The summed E-state index contributed by atoms with van der Waals surface area (Å²) in [5.74, 6) is 0.716. The Kier molecular flexibility index (Phi) is 4.62. The first-order valence-electron chi connectivity index (χ1n) is 10.7. The van der Waals surface area contributed by atoms with Crippen LogP contribution in [0.3, 0.4) is 0 Å². The maximum Gasteiger partial charge on any atom is 0.287 e. The van der Waals surface area contributed by atoms with E-state index in [-0.39, 0.29) is 29.2 Å². The van der Waals surface area contributed by atoms with Crippen molar-refractivity contribution in [1.29, 1.82) is 0 Å². The summed E-state index contributed by atoms with van der Waals surface area (Å²) in [7, 11) is 0. The maximum absolute atomic E-state index is 13.2. The Morgan fingerprint density at radius 1 is 1.21 bits per heavy atom. The van der Waals surface area contributed by atoms with Crippen molar-refractivity contribution in [3.8, 4) is 5.75 Å². The van der Waals surface area contributed by atoms with Gasteiger partial charge < -0.3 is 19.2 Å². The van der Waals surface area contributed by atoms with E-state index in [1.807, 2.05) is 19.1 Å². The minimum Gasteiger partial charge on any atom is -0.486 e. The summed E-state index contributed by atoms with van der Waals surface area (Å²) in [4.78, 5) is 25.9. The van der Waals surface area contributed by atoms with Crippen molar-refractivity contribution in [2.75, 3.05) is 13.2 Å². The number of furan rings is 1. The Morgan fingerprint density at radius 2 is 2.03 bits per heavy atom. The molecule has 1 saturated carbocycles. The lowest BCUT2D eigenvalue weighted by molar-refractivity contribution is 0.0139. The van der Waals surface area contributed by atoms with Crippen LogP contribution in [0, 0.1) is 6.92 Å².